The van der Waals surface area contributed by atoms with E-state index in [1.165, 1.54) is 78.1 Å². The maximum absolute atomic E-state index is 11.3. The Bertz CT molecular complexity index is 6130. The SMILES string of the molecule is CC.CCS(=O)(=O)[O-].Cc1ccnc2c1ccc1c(CS(=O)(=O)[O-])ccnc12.O=P([O-])(O)c1ccc(-c2ccccn2)nc1.O=P([O-])(O)c1ccnc(-c2ccccn2)c1.O=P([O-])(O)c1ccnc2c1ccc1cccnc12.O=[P+]([O-])[O-].O=[P+]([O-])[O-].O=[P+]([O-])[O-].c1ccc(-c2ccnc3c2ccc2c(-c4ccccc4)ccnc23)cc1. The Hall–Kier alpha value is -10.5. The van der Waals surface area contributed by atoms with Gasteiger partial charge in [0.05, 0.1) is 81.9 Å². The standard InChI is InChI=1S/C24H16N2.C14H12N2O3S.C12H9N2O3P.2C10H9N2O3P.C2H6O3S.C2H6.3HO3P/c1-3-7-17(8-4-1)19-13-15-25-23-21(19)11-12-22-20(14-16-26-24(22)23)18-9-5-2-6-10-18;1-9-4-6-15-13-11(9)2-3-12-10(8-20(17,18)19)5-7-16-14(12)13;15-18(16,17)10-5-7-14-12-9(10)4-3-8-2-1-6-13-11(8)12;13-16(14,15)8-4-5-10(12-7-8)9-3-1-2-6-11-9;13-16(14,15)8-4-6-12-10(7-8)9-3-1-2-5-11-9;1-2-6(3,4)5;1-2;3*1-4(2)3/h1-16H;2-7H,8H2,1H3,(H,17,18,19);1-7H,(H2,15,16,17);2*1-7H,(H2,13,14,15);2H2,1H3,(H,3,4,5);1-2H3;3*(H,1,2,3)/p-8. The normalized spacial score (nSPS) is 12.2. The quantitative estimate of drug-likeness (QED) is 0.0863. The van der Waals surface area contributed by atoms with E-state index in [1.807, 2.05) is 69.6 Å². The molecule has 0 saturated heterocycles. The molecule has 0 spiro atoms. The van der Waals surface area contributed by atoms with E-state index in [0.717, 1.165) is 44.3 Å². The molecule has 0 amide bonds. The Balaban J connectivity index is 0.000000215. The van der Waals surface area contributed by atoms with Gasteiger partial charge in [-0.2, -0.15) is 0 Å². The maximum atomic E-state index is 11.3. The fraction of sp³-hybridized carbons (Fsp3) is 0.0811. The third-order valence-electron chi connectivity index (χ3n) is 15.2. The number of aryl methyl sites for hydroxylation is 1. The van der Waals surface area contributed by atoms with Gasteiger partial charge in [0, 0.05) is 116 Å². The van der Waals surface area contributed by atoms with E-state index in [-0.39, 0.29) is 21.7 Å². The highest BCUT2D eigenvalue weighted by Crippen LogP contribution is 2.37. The number of fused-ring (bicyclic) bond motifs is 9. The first-order chi connectivity index (χ1) is 54.8. The molecule has 42 heteroatoms. The van der Waals surface area contributed by atoms with Gasteiger partial charge in [0.2, 0.25) is 0 Å². The Morgan fingerprint density at radius 1 is 0.362 bits per heavy atom. The Kier molecular flexibility index (Phi) is 36.2. The van der Waals surface area contributed by atoms with Crippen LogP contribution in [0, 0.1) is 6.92 Å². The largest absolute Gasteiger partial charge is 0.775 e. The molecule has 15 rings (SSSR count). The first-order valence-corrected chi connectivity index (χ1v) is 44.2. The summed E-state index contributed by atoms with van der Waals surface area (Å²) in [5.41, 5.74) is 12.7. The van der Waals surface area contributed by atoms with Crippen molar-refractivity contribution in [3.8, 4) is 45.0 Å². The molecule has 3 atom stereocenters. The first kappa shape index (κ1) is 94.3. The predicted molar refractivity (Wildman–Crippen MR) is 418 cm³/mol. The molecule has 5 aromatic carbocycles. The highest BCUT2D eigenvalue weighted by molar-refractivity contribution is 7.85. The molecule has 602 valence electrons. The van der Waals surface area contributed by atoms with E-state index in [1.54, 1.807) is 85.5 Å². The topological polar surface area (TPSA) is 614 Å². The molecule has 116 heavy (non-hydrogen) atoms. The van der Waals surface area contributed by atoms with Crippen LogP contribution in [0.25, 0.3) is 110 Å². The van der Waals surface area contributed by atoms with Gasteiger partial charge in [-0.15, -0.1) is 0 Å². The summed E-state index contributed by atoms with van der Waals surface area (Å²) in [6.45, 7) is 7.28. The Morgan fingerprint density at radius 3 is 1.19 bits per heavy atom. The highest BCUT2D eigenvalue weighted by Gasteiger charge is 2.17. The highest BCUT2D eigenvalue weighted by atomic mass is 32.2. The number of aromatic nitrogens is 10. The van der Waals surface area contributed by atoms with Gasteiger partial charge < -0.3 is 81.5 Å². The molecule has 0 aliphatic heterocycles. The molecule has 10 aromatic heterocycles. The van der Waals surface area contributed by atoms with Crippen molar-refractivity contribution in [1.29, 1.82) is 0 Å². The summed E-state index contributed by atoms with van der Waals surface area (Å²) in [5, 5.41) is 4.63. The van der Waals surface area contributed by atoms with Crippen molar-refractivity contribution in [2.45, 2.75) is 33.4 Å². The molecular formula is C74H62N10O24P6S2-8. The molecule has 0 saturated carbocycles. The van der Waals surface area contributed by atoms with E-state index in [9.17, 15) is 59.2 Å². The van der Waals surface area contributed by atoms with Crippen molar-refractivity contribution in [2.75, 3.05) is 5.75 Å². The zero-order valence-corrected chi connectivity index (χ0v) is 67.6. The van der Waals surface area contributed by atoms with Crippen molar-refractivity contribution in [1.82, 2.24) is 49.8 Å². The van der Waals surface area contributed by atoms with E-state index in [4.69, 9.17) is 52.8 Å². The molecule has 34 nitrogen and oxygen atoms in total. The van der Waals surface area contributed by atoms with Crippen LogP contribution >= 0.6 is 47.6 Å². The molecule has 0 aliphatic rings. The molecule has 0 bridgehead atoms. The van der Waals surface area contributed by atoms with Crippen molar-refractivity contribution in [3.05, 3.63) is 273 Å². The number of hydrogen-bond donors (Lipinski definition) is 3. The minimum atomic E-state index is -4.56. The second-order valence-corrected chi connectivity index (χ2v) is 31.7. The summed E-state index contributed by atoms with van der Waals surface area (Å²) in [5.74, 6) is -0.851. The van der Waals surface area contributed by atoms with Crippen molar-refractivity contribution in [2.24, 2.45) is 0 Å². The lowest BCUT2D eigenvalue weighted by Crippen LogP contribution is -2.15. The van der Waals surface area contributed by atoms with Gasteiger partial charge in [-0.25, -0.2) is 16.8 Å². The zero-order valence-electron chi connectivity index (χ0n) is 60.6. The van der Waals surface area contributed by atoms with Gasteiger partial charge in [0.25, 0.3) is 24.8 Å². The summed E-state index contributed by atoms with van der Waals surface area (Å²) in [6, 6.07) is 60.7. The van der Waals surface area contributed by atoms with Gasteiger partial charge in [-0.05, 0) is 125 Å². The Morgan fingerprint density at radius 2 is 0.741 bits per heavy atom. The predicted octanol–water partition coefficient (Wildman–Crippen LogP) is 5.51. The van der Waals surface area contributed by atoms with Crippen LogP contribution in [0.3, 0.4) is 0 Å². The minimum absolute atomic E-state index is 0.125. The third-order valence-corrected chi connectivity index (χ3v) is 19.4. The van der Waals surface area contributed by atoms with E-state index < -0.39 is 73.5 Å². The van der Waals surface area contributed by atoms with Crippen molar-refractivity contribution >= 4 is 149 Å². The summed E-state index contributed by atoms with van der Waals surface area (Å²) in [6.07, 6.45) is 15.6. The zero-order chi connectivity index (χ0) is 85.6. The average molecular weight is 1730 g/mol. The number of rotatable bonds is 10. The fourth-order valence-electron chi connectivity index (χ4n) is 10.4. The second kappa shape index (κ2) is 44.6. The second-order valence-electron chi connectivity index (χ2n) is 22.6. The van der Waals surface area contributed by atoms with Crippen LogP contribution in [0.15, 0.2) is 262 Å². The van der Waals surface area contributed by atoms with Gasteiger partial charge in [-0.3, -0.25) is 49.8 Å². The monoisotopic (exact) mass is 1720 g/mol. The van der Waals surface area contributed by atoms with Crippen LogP contribution < -0.4 is 60.0 Å². The van der Waals surface area contributed by atoms with Gasteiger partial charge in [0.1, 0.15) is 0 Å². The lowest BCUT2D eigenvalue weighted by atomic mass is 9.97. The van der Waals surface area contributed by atoms with Crippen LogP contribution in [0.5, 0.6) is 0 Å². The van der Waals surface area contributed by atoms with Crippen LogP contribution in [-0.4, -0.2) is 96.2 Å². The van der Waals surface area contributed by atoms with Crippen molar-refractivity contribution < 1.29 is 112 Å². The lowest BCUT2D eigenvalue weighted by molar-refractivity contribution is -0.298. The lowest BCUT2D eigenvalue weighted by Gasteiger charge is -2.17. The van der Waals surface area contributed by atoms with Gasteiger partial charge >= 0.3 is 0 Å². The van der Waals surface area contributed by atoms with E-state index in [2.05, 4.69) is 123 Å². The summed E-state index contributed by atoms with van der Waals surface area (Å²) >= 11 is 0. The maximum Gasteiger partial charge on any atom is 0.276 e. The first-order valence-electron chi connectivity index (χ1n) is 33.1. The van der Waals surface area contributed by atoms with Crippen LogP contribution in [0.1, 0.15) is 31.9 Å². The van der Waals surface area contributed by atoms with Crippen LogP contribution in [0.4, 0.5) is 0 Å². The molecular weight excluding hydrogens is 1660 g/mol. The number of pyridine rings is 10. The molecule has 0 aliphatic carbocycles. The van der Waals surface area contributed by atoms with Gasteiger partial charge in [0.15, 0.2) is 22.8 Å². The number of benzene rings is 5. The number of nitrogens with zero attached hydrogens (tertiary/aromatic N) is 10. The van der Waals surface area contributed by atoms with E-state index >= 15 is 0 Å². The molecule has 15 aromatic rings. The minimum Gasteiger partial charge on any atom is -0.775 e. The Labute approximate surface area is 664 Å². The molecule has 0 radical (unpaired) electrons. The molecule has 3 unspecified atom stereocenters. The summed E-state index contributed by atoms with van der Waals surface area (Å²) in [4.78, 5) is 153. The smallest absolute Gasteiger partial charge is 0.276 e. The molecule has 10 heterocycles. The average Bonchev–Trinajstić information content (AvgIpc) is 0.772. The van der Waals surface area contributed by atoms with Crippen LogP contribution in [0.2, 0.25) is 0 Å². The summed E-state index contributed by atoms with van der Waals surface area (Å²) < 4.78 is 120. The van der Waals surface area contributed by atoms with Crippen LogP contribution in [-0.2, 0) is 53.4 Å². The van der Waals surface area contributed by atoms with Gasteiger partial charge in [-0.1, -0.05) is 150 Å². The fourth-order valence-corrected chi connectivity index (χ4v) is 12.7. The number of hydrogen-bond acceptors (Lipinski definition) is 31. The summed E-state index contributed by atoms with van der Waals surface area (Å²) in [7, 11) is -31.9. The molecule has 0 fully saturated rings. The molecule has 3 N–H and O–H groups in total. The van der Waals surface area contributed by atoms with Crippen molar-refractivity contribution in [3.63, 3.8) is 0 Å². The van der Waals surface area contributed by atoms with E-state index in [0.29, 0.717) is 61.2 Å². The third kappa shape index (κ3) is 29.6.